The predicted octanol–water partition coefficient (Wildman–Crippen LogP) is 3.40. The first kappa shape index (κ1) is 19.9. The molecule has 0 aromatic heterocycles. The van der Waals surface area contributed by atoms with Crippen molar-refractivity contribution in [3.05, 3.63) is 70.5 Å². The molecule has 5 nitrogen and oxygen atoms in total. The monoisotopic (exact) mass is 399 g/mol. The molecule has 0 N–H and O–H groups in total. The zero-order chi connectivity index (χ0) is 20.3. The van der Waals surface area contributed by atoms with Crippen molar-refractivity contribution in [2.45, 2.75) is 18.7 Å². The summed E-state index contributed by atoms with van der Waals surface area (Å²) in [6.07, 6.45) is 1.44. The highest BCUT2D eigenvalue weighted by atomic mass is 32.2. The fourth-order valence-electron chi connectivity index (χ4n) is 3.09. The number of nitrogens with zero attached hydrogens (tertiary/aromatic N) is 3. The fraction of sp³-hybridized carbons (Fsp3) is 0.286. The summed E-state index contributed by atoms with van der Waals surface area (Å²) in [6.45, 7) is 6.22. The Hall–Kier alpha value is -2.85. The summed E-state index contributed by atoms with van der Waals surface area (Å²) in [5.74, 6) is -0.277. The van der Waals surface area contributed by atoms with Crippen LogP contribution in [-0.4, -0.2) is 39.5 Å². The number of allylic oxidation sites excluding steroid dienone is 1. The summed E-state index contributed by atoms with van der Waals surface area (Å²) < 4.78 is 38.8. The van der Waals surface area contributed by atoms with E-state index in [0.717, 1.165) is 16.8 Å². The van der Waals surface area contributed by atoms with Crippen molar-refractivity contribution >= 4 is 15.5 Å². The molecule has 0 aliphatic carbocycles. The topological polar surface area (TPSA) is 64.4 Å². The number of aryl methyl sites for hydroxylation is 2. The summed E-state index contributed by atoms with van der Waals surface area (Å²) in [7, 11) is -3.86. The van der Waals surface area contributed by atoms with Gasteiger partial charge >= 0.3 is 0 Å². The molecule has 1 fully saturated rings. The first-order valence-electron chi connectivity index (χ1n) is 9.00. The highest BCUT2D eigenvalue weighted by Gasteiger charge is 2.24. The van der Waals surface area contributed by atoms with Gasteiger partial charge in [0.1, 0.15) is 11.9 Å². The maximum atomic E-state index is 13.1. The van der Waals surface area contributed by atoms with Crippen LogP contribution in [0.5, 0.6) is 0 Å². The number of hydrogen-bond acceptors (Lipinski definition) is 5. The number of piperazine rings is 1. The van der Waals surface area contributed by atoms with Crippen LogP contribution in [0.3, 0.4) is 0 Å². The number of nitriles is 1. The summed E-state index contributed by atoms with van der Waals surface area (Å²) in [5.41, 5.74) is 2.79. The molecule has 1 heterocycles. The van der Waals surface area contributed by atoms with E-state index in [1.54, 1.807) is 24.3 Å². The summed E-state index contributed by atoms with van der Waals surface area (Å²) >= 11 is 0. The van der Waals surface area contributed by atoms with Crippen LogP contribution in [0.25, 0.3) is 0 Å². The Kier molecular flexibility index (Phi) is 5.71. The minimum Gasteiger partial charge on any atom is -0.372 e. The van der Waals surface area contributed by atoms with E-state index in [1.165, 1.54) is 24.4 Å². The molecule has 0 unspecified atom stereocenters. The quantitative estimate of drug-likeness (QED) is 0.738. The van der Waals surface area contributed by atoms with Crippen molar-refractivity contribution in [1.82, 2.24) is 4.90 Å². The molecule has 28 heavy (non-hydrogen) atoms. The number of halogens is 1. The molecule has 0 spiro atoms. The van der Waals surface area contributed by atoms with Crippen LogP contribution in [0.15, 0.2) is 58.5 Å². The molecule has 1 aliphatic heterocycles. The SMILES string of the molecule is Cc1ccc(S(=O)(=O)/C(C#N)=C/N2CCN(c3ccc(F)cc3)CC2)cc1C. The van der Waals surface area contributed by atoms with E-state index >= 15 is 0 Å². The standard InChI is InChI=1S/C21H22FN3O2S/c1-16-3-8-20(13-17(16)2)28(26,27)21(14-23)15-24-9-11-25(12-10-24)19-6-4-18(22)5-7-19/h3-8,13,15H,9-12H2,1-2H3/b21-15+. The Morgan fingerprint density at radius 3 is 2.25 bits per heavy atom. The molecular formula is C21H22FN3O2S. The van der Waals surface area contributed by atoms with Gasteiger partial charge in [-0.1, -0.05) is 6.07 Å². The Bertz CT molecular complexity index is 1030. The van der Waals surface area contributed by atoms with Crippen LogP contribution >= 0.6 is 0 Å². The Balaban J connectivity index is 1.75. The smallest absolute Gasteiger partial charge is 0.218 e. The third kappa shape index (κ3) is 4.18. The van der Waals surface area contributed by atoms with E-state index in [0.29, 0.717) is 26.2 Å². The second kappa shape index (κ2) is 8.03. The lowest BCUT2D eigenvalue weighted by atomic mass is 10.1. The number of benzene rings is 2. The number of anilines is 1. The highest BCUT2D eigenvalue weighted by molar-refractivity contribution is 7.95. The van der Waals surface area contributed by atoms with E-state index in [1.807, 2.05) is 24.8 Å². The number of sulfone groups is 1. The lowest BCUT2D eigenvalue weighted by Crippen LogP contribution is -2.44. The van der Waals surface area contributed by atoms with E-state index in [4.69, 9.17) is 0 Å². The van der Waals surface area contributed by atoms with E-state index in [9.17, 15) is 18.1 Å². The zero-order valence-electron chi connectivity index (χ0n) is 15.9. The van der Waals surface area contributed by atoms with Gasteiger partial charge in [0, 0.05) is 38.1 Å². The Labute approximate surface area is 165 Å². The van der Waals surface area contributed by atoms with Gasteiger partial charge in [0.25, 0.3) is 0 Å². The molecule has 146 valence electrons. The lowest BCUT2D eigenvalue weighted by Gasteiger charge is -2.35. The normalized spacial score (nSPS) is 15.4. The van der Waals surface area contributed by atoms with Crippen molar-refractivity contribution < 1.29 is 12.8 Å². The first-order valence-corrected chi connectivity index (χ1v) is 10.5. The molecular weight excluding hydrogens is 377 g/mol. The molecule has 0 bridgehead atoms. The van der Waals surface area contributed by atoms with E-state index in [2.05, 4.69) is 4.90 Å². The van der Waals surface area contributed by atoms with Gasteiger partial charge in [-0.3, -0.25) is 0 Å². The van der Waals surface area contributed by atoms with Crippen LogP contribution in [-0.2, 0) is 9.84 Å². The average molecular weight is 399 g/mol. The van der Waals surface area contributed by atoms with Gasteiger partial charge in [-0.2, -0.15) is 5.26 Å². The minimum absolute atomic E-state index is 0.133. The van der Waals surface area contributed by atoms with Gasteiger partial charge in [0.15, 0.2) is 4.91 Å². The van der Waals surface area contributed by atoms with Crippen LogP contribution < -0.4 is 4.90 Å². The molecule has 1 aliphatic rings. The Morgan fingerprint density at radius 2 is 1.68 bits per heavy atom. The highest BCUT2D eigenvalue weighted by Crippen LogP contribution is 2.23. The van der Waals surface area contributed by atoms with Crippen molar-refractivity contribution in [2.75, 3.05) is 31.1 Å². The third-order valence-electron chi connectivity index (χ3n) is 4.99. The van der Waals surface area contributed by atoms with Crippen LogP contribution in [0.1, 0.15) is 11.1 Å². The summed E-state index contributed by atoms with van der Waals surface area (Å²) in [6, 6.07) is 13.0. The van der Waals surface area contributed by atoms with E-state index in [-0.39, 0.29) is 15.6 Å². The molecule has 0 radical (unpaired) electrons. The molecule has 0 atom stereocenters. The lowest BCUT2D eigenvalue weighted by molar-refractivity contribution is 0.348. The van der Waals surface area contributed by atoms with Gasteiger partial charge < -0.3 is 9.80 Å². The summed E-state index contributed by atoms with van der Waals surface area (Å²) in [4.78, 5) is 3.82. The zero-order valence-corrected chi connectivity index (χ0v) is 16.7. The molecule has 3 rings (SSSR count). The molecule has 1 saturated heterocycles. The number of rotatable bonds is 4. The molecule has 2 aromatic rings. The van der Waals surface area contributed by atoms with Crippen molar-refractivity contribution in [2.24, 2.45) is 0 Å². The minimum atomic E-state index is -3.86. The van der Waals surface area contributed by atoms with Crippen molar-refractivity contribution in [3.63, 3.8) is 0 Å². The van der Waals surface area contributed by atoms with E-state index < -0.39 is 9.84 Å². The van der Waals surface area contributed by atoms with Gasteiger partial charge in [-0.25, -0.2) is 12.8 Å². The van der Waals surface area contributed by atoms with Crippen LogP contribution in [0.2, 0.25) is 0 Å². The number of hydrogen-bond donors (Lipinski definition) is 0. The van der Waals surface area contributed by atoms with Gasteiger partial charge in [0.2, 0.25) is 9.84 Å². The summed E-state index contributed by atoms with van der Waals surface area (Å²) in [5, 5.41) is 9.46. The largest absolute Gasteiger partial charge is 0.372 e. The molecule has 2 aromatic carbocycles. The molecule has 0 amide bonds. The van der Waals surface area contributed by atoms with Gasteiger partial charge in [-0.05, 0) is 61.4 Å². The second-order valence-corrected chi connectivity index (χ2v) is 8.77. The first-order chi connectivity index (χ1) is 13.3. The maximum Gasteiger partial charge on any atom is 0.218 e. The molecule has 0 saturated carbocycles. The van der Waals surface area contributed by atoms with Crippen LogP contribution in [0, 0.1) is 31.0 Å². The third-order valence-corrected chi connectivity index (χ3v) is 6.64. The van der Waals surface area contributed by atoms with Crippen LogP contribution in [0.4, 0.5) is 10.1 Å². The average Bonchev–Trinajstić information content (AvgIpc) is 2.69. The maximum absolute atomic E-state index is 13.1. The second-order valence-electron chi connectivity index (χ2n) is 6.85. The fourth-order valence-corrected chi connectivity index (χ4v) is 4.33. The molecule has 7 heteroatoms. The van der Waals surface area contributed by atoms with Crippen molar-refractivity contribution in [1.29, 1.82) is 5.26 Å². The van der Waals surface area contributed by atoms with Gasteiger partial charge in [0.05, 0.1) is 4.90 Å². The Morgan fingerprint density at radius 1 is 1.04 bits per heavy atom. The predicted molar refractivity (Wildman–Crippen MR) is 107 cm³/mol. The van der Waals surface area contributed by atoms with Gasteiger partial charge in [-0.15, -0.1) is 0 Å². The van der Waals surface area contributed by atoms with Crippen molar-refractivity contribution in [3.8, 4) is 6.07 Å².